The molecule has 0 atom stereocenters. The molecule has 0 aliphatic rings. The van der Waals surface area contributed by atoms with E-state index in [1.54, 1.807) is 0 Å². The molecule has 0 spiro atoms. The summed E-state index contributed by atoms with van der Waals surface area (Å²) in [7, 11) is -2.17. The summed E-state index contributed by atoms with van der Waals surface area (Å²) in [5.41, 5.74) is 0.0209. The van der Waals surface area contributed by atoms with Crippen LogP contribution in [0.4, 0.5) is 4.39 Å². The standard InChI is InChI=1S/C17H15FO6S/c1-23-16-7-6-11(9-14(16)18)15(19)10-24-17(20)12-4-3-5-13(8-12)25(2,21)22/h3-9H,10H2,1-2H3. The van der Waals surface area contributed by atoms with Crippen LogP contribution in [0.3, 0.4) is 0 Å². The highest BCUT2D eigenvalue weighted by Crippen LogP contribution is 2.18. The maximum absolute atomic E-state index is 13.6. The van der Waals surface area contributed by atoms with E-state index in [0.717, 1.165) is 18.4 Å². The van der Waals surface area contributed by atoms with Gasteiger partial charge in [-0.05, 0) is 36.4 Å². The van der Waals surface area contributed by atoms with Crippen LogP contribution in [0, 0.1) is 5.82 Å². The largest absolute Gasteiger partial charge is 0.494 e. The first-order valence-corrected chi connectivity index (χ1v) is 8.95. The number of hydrogen-bond donors (Lipinski definition) is 0. The molecule has 0 saturated carbocycles. The number of sulfone groups is 1. The minimum Gasteiger partial charge on any atom is -0.494 e. The Morgan fingerprint density at radius 3 is 2.40 bits per heavy atom. The molecule has 0 N–H and O–H groups in total. The monoisotopic (exact) mass is 366 g/mol. The number of esters is 1. The lowest BCUT2D eigenvalue weighted by molar-refractivity contribution is 0.0474. The van der Waals surface area contributed by atoms with Gasteiger partial charge in [0, 0.05) is 11.8 Å². The Kier molecular flexibility index (Phi) is 5.53. The van der Waals surface area contributed by atoms with Gasteiger partial charge in [0.05, 0.1) is 17.6 Å². The summed E-state index contributed by atoms with van der Waals surface area (Å²) in [6, 6.07) is 8.90. The van der Waals surface area contributed by atoms with Gasteiger partial charge in [0.1, 0.15) is 0 Å². The van der Waals surface area contributed by atoms with Crippen LogP contribution >= 0.6 is 0 Å². The molecular formula is C17H15FO6S. The number of rotatable bonds is 6. The molecule has 2 aromatic rings. The van der Waals surface area contributed by atoms with Crippen molar-refractivity contribution in [2.45, 2.75) is 4.90 Å². The Labute approximate surface area is 144 Å². The van der Waals surface area contributed by atoms with Gasteiger partial charge in [0.2, 0.25) is 0 Å². The van der Waals surface area contributed by atoms with Crippen LogP contribution in [0.2, 0.25) is 0 Å². The number of benzene rings is 2. The van der Waals surface area contributed by atoms with Gasteiger partial charge in [-0.3, -0.25) is 4.79 Å². The van der Waals surface area contributed by atoms with Gasteiger partial charge in [0.25, 0.3) is 0 Å². The molecule has 2 rings (SSSR count). The molecule has 0 amide bonds. The van der Waals surface area contributed by atoms with E-state index >= 15 is 0 Å². The fourth-order valence-corrected chi connectivity index (χ4v) is 2.66. The zero-order chi connectivity index (χ0) is 18.6. The third kappa shape index (κ3) is 4.63. The highest BCUT2D eigenvalue weighted by atomic mass is 32.2. The van der Waals surface area contributed by atoms with Crippen molar-refractivity contribution < 1.29 is 31.9 Å². The third-order valence-electron chi connectivity index (χ3n) is 3.31. The maximum atomic E-state index is 13.6. The lowest BCUT2D eigenvalue weighted by atomic mass is 10.1. The van der Waals surface area contributed by atoms with Crippen molar-refractivity contribution in [3.05, 3.63) is 59.4 Å². The van der Waals surface area contributed by atoms with Crippen molar-refractivity contribution in [1.82, 2.24) is 0 Å². The molecule has 0 heterocycles. The molecule has 2 aromatic carbocycles. The van der Waals surface area contributed by atoms with E-state index in [0.29, 0.717) is 0 Å². The summed E-state index contributed by atoms with van der Waals surface area (Å²) in [6.07, 6.45) is 1.01. The number of halogens is 1. The minimum absolute atomic E-state index is 0.00311. The first-order valence-electron chi connectivity index (χ1n) is 7.06. The lowest BCUT2D eigenvalue weighted by Crippen LogP contribution is -2.15. The second-order valence-electron chi connectivity index (χ2n) is 5.15. The van der Waals surface area contributed by atoms with E-state index < -0.39 is 34.0 Å². The predicted molar refractivity (Wildman–Crippen MR) is 87.1 cm³/mol. The Balaban J connectivity index is 2.07. The molecule has 132 valence electrons. The van der Waals surface area contributed by atoms with Crippen LogP contribution in [-0.2, 0) is 14.6 Å². The van der Waals surface area contributed by atoms with Crippen LogP contribution in [-0.4, -0.2) is 40.1 Å². The van der Waals surface area contributed by atoms with Gasteiger partial charge in [0.15, 0.2) is 33.8 Å². The van der Waals surface area contributed by atoms with Crippen molar-refractivity contribution in [3.63, 3.8) is 0 Å². The molecule has 8 heteroatoms. The fourth-order valence-electron chi connectivity index (χ4n) is 1.99. The van der Waals surface area contributed by atoms with Crippen LogP contribution < -0.4 is 4.74 Å². The molecule has 0 saturated heterocycles. The fraction of sp³-hybridized carbons (Fsp3) is 0.176. The summed E-state index contributed by atoms with van der Waals surface area (Å²) in [5, 5.41) is 0. The van der Waals surface area contributed by atoms with Crippen LogP contribution in [0.5, 0.6) is 5.75 Å². The summed E-state index contributed by atoms with van der Waals surface area (Å²) in [4.78, 5) is 23.9. The first kappa shape index (κ1) is 18.6. The van der Waals surface area contributed by atoms with E-state index in [2.05, 4.69) is 0 Å². The Bertz CT molecular complexity index is 920. The molecule has 0 fully saturated rings. The number of hydrogen-bond acceptors (Lipinski definition) is 6. The molecule has 0 bridgehead atoms. The summed E-state index contributed by atoms with van der Waals surface area (Å²) >= 11 is 0. The molecule has 0 unspecified atom stereocenters. The van der Waals surface area contributed by atoms with Crippen LogP contribution in [0.15, 0.2) is 47.4 Å². The molecule has 0 radical (unpaired) electrons. The molecule has 0 aliphatic carbocycles. The number of ketones is 1. The number of carbonyl (C=O) groups is 2. The van der Waals surface area contributed by atoms with Crippen LogP contribution in [0.1, 0.15) is 20.7 Å². The van der Waals surface area contributed by atoms with Crippen LogP contribution in [0.25, 0.3) is 0 Å². The summed E-state index contributed by atoms with van der Waals surface area (Å²) in [5.74, 6) is -2.17. The van der Waals surface area contributed by atoms with Gasteiger partial charge in [-0.2, -0.15) is 0 Å². The summed E-state index contributed by atoms with van der Waals surface area (Å²) in [6.45, 7) is -0.603. The van der Waals surface area contributed by atoms with E-state index in [-0.39, 0.29) is 21.8 Å². The van der Waals surface area contributed by atoms with Crippen molar-refractivity contribution in [1.29, 1.82) is 0 Å². The molecule has 0 aromatic heterocycles. The normalized spacial score (nSPS) is 11.0. The van der Waals surface area contributed by atoms with Crippen molar-refractivity contribution in [2.24, 2.45) is 0 Å². The minimum atomic E-state index is -3.47. The average Bonchev–Trinajstić information content (AvgIpc) is 2.58. The zero-order valence-electron chi connectivity index (χ0n) is 13.5. The number of methoxy groups -OCH3 is 1. The van der Waals surface area contributed by atoms with E-state index in [9.17, 15) is 22.4 Å². The smallest absolute Gasteiger partial charge is 0.338 e. The lowest BCUT2D eigenvalue weighted by Gasteiger charge is -2.07. The van der Waals surface area contributed by atoms with Gasteiger partial charge in [-0.25, -0.2) is 17.6 Å². The second kappa shape index (κ2) is 7.43. The van der Waals surface area contributed by atoms with Gasteiger partial charge in [-0.15, -0.1) is 0 Å². The van der Waals surface area contributed by atoms with Gasteiger partial charge in [-0.1, -0.05) is 6.07 Å². The first-order chi connectivity index (χ1) is 11.7. The molecule has 0 aliphatic heterocycles. The highest BCUT2D eigenvalue weighted by Gasteiger charge is 2.16. The van der Waals surface area contributed by atoms with Crippen molar-refractivity contribution in [2.75, 3.05) is 20.0 Å². The van der Waals surface area contributed by atoms with E-state index in [1.807, 2.05) is 0 Å². The number of carbonyl (C=O) groups excluding carboxylic acids is 2. The molecule has 25 heavy (non-hydrogen) atoms. The number of ether oxygens (including phenoxy) is 2. The zero-order valence-corrected chi connectivity index (χ0v) is 14.3. The SMILES string of the molecule is COc1ccc(C(=O)COC(=O)c2cccc(S(C)(=O)=O)c2)cc1F. The third-order valence-corrected chi connectivity index (χ3v) is 4.42. The Morgan fingerprint density at radius 2 is 1.80 bits per heavy atom. The van der Waals surface area contributed by atoms with Crippen molar-refractivity contribution in [3.8, 4) is 5.75 Å². The number of Topliss-reactive ketones (excluding diaryl/α,β-unsaturated/α-hetero) is 1. The highest BCUT2D eigenvalue weighted by molar-refractivity contribution is 7.90. The Hall–Kier alpha value is -2.74. The molecular weight excluding hydrogens is 351 g/mol. The summed E-state index contributed by atoms with van der Waals surface area (Å²) < 4.78 is 46.2. The average molecular weight is 366 g/mol. The predicted octanol–water partition coefficient (Wildman–Crippen LogP) is 2.28. The molecule has 6 nitrogen and oxygen atoms in total. The topological polar surface area (TPSA) is 86.7 Å². The Morgan fingerprint density at radius 1 is 1.08 bits per heavy atom. The van der Waals surface area contributed by atoms with Gasteiger partial charge < -0.3 is 9.47 Å². The second-order valence-corrected chi connectivity index (χ2v) is 7.16. The maximum Gasteiger partial charge on any atom is 0.338 e. The quantitative estimate of drug-likeness (QED) is 0.576. The van der Waals surface area contributed by atoms with Gasteiger partial charge >= 0.3 is 5.97 Å². The van der Waals surface area contributed by atoms with E-state index in [4.69, 9.17) is 9.47 Å². The van der Waals surface area contributed by atoms with E-state index in [1.165, 1.54) is 37.4 Å². The van der Waals surface area contributed by atoms with Crippen molar-refractivity contribution >= 4 is 21.6 Å².